The number of nitrogens with zero attached hydrogens (tertiary/aromatic N) is 4. The van der Waals surface area contributed by atoms with Crippen LogP contribution < -0.4 is 10.6 Å². The van der Waals surface area contributed by atoms with Crippen LogP contribution in [0.15, 0.2) is 72.8 Å². The molecule has 6 aromatic rings. The summed E-state index contributed by atoms with van der Waals surface area (Å²) in [6.45, 7) is 8.53. The van der Waals surface area contributed by atoms with Crippen LogP contribution in [-0.4, -0.2) is 30.9 Å². The van der Waals surface area contributed by atoms with E-state index in [1.165, 1.54) is 60.9 Å². The maximum Gasteiger partial charge on any atom is 0.139 e. The van der Waals surface area contributed by atoms with E-state index >= 15 is 4.39 Å². The molecule has 0 bridgehead atoms. The average Bonchev–Trinajstić information content (AvgIpc) is 3.69. The molecule has 258 valence electrons. The Morgan fingerprint density at radius 2 is 1.32 bits per heavy atom. The van der Waals surface area contributed by atoms with Gasteiger partial charge in [0.1, 0.15) is 40.1 Å². The number of hydrogen-bond donors (Lipinski definition) is 2. The minimum absolute atomic E-state index is 0.134. The van der Waals surface area contributed by atoms with Crippen LogP contribution in [0.1, 0.15) is 98.7 Å². The molecule has 0 radical (unpaired) electrons. The van der Waals surface area contributed by atoms with Crippen molar-refractivity contribution >= 4 is 22.9 Å². The summed E-state index contributed by atoms with van der Waals surface area (Å²) in [5, 5.41) is 8.06. The number of anilines is 2. The van der Waals surface area contributed by atoms with Gasteiger partial charge in [0.2, 0.25) is 0 Å². The van der Waals surface area contributed by atoms with Gasteiger partial charge in [-0.15, -0.1) is 0 Å². The van der Waals surface area contributed by atoms with Crippen LogP contribution in [0.3, 0.4) is 0 Å². The highest BCUT2D eigenvalue weighted by Crippen LogP contribution is 2.44. The van der Waals surface area contributed by atoms with Gasteiger partial charge in [-0.05, 0) is 101 Å². The lowest BCUT2D eigenvalue weighted by molar-refractivity contribution is 0.405. The molecule has 2 fully saturated rings. The molecule has 2 aliphatic carbocycles. The third-order valence-electron chi connectivity index (χ3n) is 11.2. The van der Waals surface area contributed by atoms with Crippen molar-refractivity contribution in [2.75, 3.05) is 10.6 Å². The van der Waals surface area contributed by atoms with Crippen molar-refractivity contribution < 1.29 is 4.39 Å². The summed E-state index contributed by atoms with van der Waals surface area (Å²) in [5.74, 6) is 1.98. The molecular weight excluding hydrogens is 620 g/mol. The first-order valence-corrected chi connectivity index (χ1v) is 18.8. The number of fused-ring (bicyclic) bond motifs is 2. The maximum atomic E-state index is 15.5. The Kier molecular flexibility index (Phi) is 8.84. The van der Waals surface area contributed by atoms with Crippen LogP contribution in [0.25, 0.3) is 33.8 Å². The second-order valence-corrected chi connectivity index (χ2v) is 14.7. The van der Waals surface area contributed by atoms with E-state index in [1.807, 2.05) is 31.2 Å². The summed E-state index contributed by atoms with van der Waals surface area (Å²) < 4.78 is 20.1. The van der Waals surface area contributed by atoms with Gasteiger partial charge in [-0.25, -0.2) is 14.4 Å². The van der Waals surface area contributed by atoms with Crippen LogP contribution in [0.2, 0.25) is 0 Å². The van der Waals surface area contributed by atoms with Crippen LogP contribution >= 0.6 is 0 Å². The van der Waals surface area contributed by atoms with E-state index in [1.54, 1.807) is 6.07 Å². The lowest BCUT2D eigenvalue weighted by atomic mass is 9.77. The molecule has 2 N–H and O–H groups in total. The number of aromatic nitrogens is 4. The zero-order chi connectivity index (χ0) is 34.4. The van der Waals surface area contributed by atoms with Gasteiger partial charge in [-0.3, -0.25) is 8.80 Å². The largest absolute Gasteiger partial charge is 0.367 e. The molecule has 7 heteroatoms. The van der Waals surface area contributed by atoms with Crippen LogP contribution in [0, 0.1) is 26.6 Å². The highest BCUT2D eigenvalue weighted by Gasteiger charge is 2.32. The Morgan fingerprint density at radius 3 is 2.10 bits per heavy atom. The lowest BCUT2D eigenvalue weighted by Crippen LogP contribution is -2.32. The number of imidazole rings is 2. The van der Waals surface area contributed by atoms with Gasteiger partial charge in [0.15, 0.2) is 0 Å². The van der Waals surface area contributed by atoms with Crippen molar-refractivity contribution in [1.29, 1.82) is 0 Å². The fraction of sp³-hybridized carbons (Fsp3) is 0.395. The molecule has 2 aliphatic rings. The second-order valence-electron chi connectivity index (χ2n) is 14.7. The summed E-state index contributed by atoms with van der Waals surface area (Å²) in [6, 6.07) is 25.5. The zero-order valence-electron chi connectivity index (χ0n) is 29.9. The summed E-state index contributed by atoms with van der Waals surface area (Å²) in [5.41, 5.74) is 11.2. The van der Waals surface area contributed by atoms with E-state index in [2.05, 4.69) is 82.7 Å². The number of aryl methyl sites for hydroxylation is 4. The SMILES string of the molecule is CCc1cccc2nc(-c3cc(C)ccc3C3CCCCC3Nc3c(-c4cc(C)ccc4F)nc4cccc(C)n34)c(NC3CCCCC3)n12. The van der Waals surface area contributed by atoms with Crippen LogP contribution in [-0.2, 0) is 6.42 Å². The fourth-order valence-electron chi connectivity index (χ4n) is 8.64. The number of rotatable bonds is 8. The van der Waals surface area contributed by atoms with Crippen molar-refractivity contribution in [3.8, 4) is 22.5 Å². The summed E-state index contributed by atoms with van der Waals surface area (Å²) in [7, 11) is 0. The van der Waals surface area contributed by atoms with Gasteiger partial charge in [0.25, 0.3) is 0 Å². The molecule has 50 heavy (non-hydrogen) atoms. The Morgan fingerprint density at radius 1 is 0.680 bits per heavy atom. The normalized spacial score (nSPS) is 18.6. The monoisotopic (exact) mass is 668 g/mol. The van der Waals surface area contributed by atoms with Crippen molar-refractivity contribution in [3.05, 3.63) is 107 Å². The van der Waals surface area contributed by atoms with E-state index < -0.39 is 0 Å². The Hall–Kier alpha value is -4.65. The average molecular weight is 669 g/mol. The molecule has 4 aromatic heterocycles. The van der Waals surface area contributed by atoms with Gasteiger partial charge in [-0.1, -0.05) is 80.5 Å². The summed E-state index contributed by atoms with van der Waals surface area (Å²) >= 11 is 0. The standard InChI is InChI=1S/C43H49FN6/c1-5-31-16-12-20-39-48-40(42(50(31)39)45-30-14-7-6-8-15-30)34-25-27(2)21-23-32(34)33-17-9-10-18-37(33)46-43-41(35-26-28(3)22-24-36(35)44)47-38-19-11-13-29(4)49(38)43/h11-13,16,19-26,30,33,37,45-46H,5-10,14-15,17-18H2,1-4H3. The third-order valence-corrected chi connectivity index (χ3v) is 11.2. The predicted octanol–water partition coefficient (Wildman–Crippen LogP) is 10.8. The molecule has 2 aromatic carbocycles. The molecule has 2 unspecified atom stereocenters. The molecule has 4 heterocycles. The number of pyridine rings is 2. The first-order chi connectivity index (χ1) is 24.4. The number of hydrogen-bond acceptors (Lipinski definition) is 4. The number of nitrogens with one attached hydrogen (secondary N) is 2. The first kappa shape index (κ1) is 32.5. The molecule has 0 aliphatic heterocycles. The van der Waals surface area contributed by atoms with Crippen molar-refractivity contribution in [3.63, 3.8) is 0 Å². The van der Waals surface area contributed by atoms with Crippen molar-refractivity contribution in [2.45, 2.75) is 110 Å². The molecule has 2 saturated carbocycles. The maximum absolute atomic E-state index is 15.5. The second kappa shape index (κ2) is 13.6. The molecule has 8 rings (SSSR count). The van der Waals surface area contributed by atoms with E-state index in [9.17, 15) is 0 Å². The van der Waals surface area contributed by atoms with Gasteiger partial charge in [-0.2, -0.15) is 0 Å². The highest BCUT2D eigenvalue weighted by molar-refractivity contribution is 5.81. The minimum Gasteiger partial charge on any atom is -0.367 e. The van der Waals surface area contributed by atoms with Gasteiger partial charge in [0.05, 0.1) is 0 Å². The summed E-state index contributed by atoms with van der Waals surface area (Å²) in [6.07, 6.45) is 11.6. The quantitative estimate of drug-likeness (QED) is 0.169. The molecule has 2 atom stereocenters. The van der Waals surface area contributed by atoms with Crippen LogP contribution in [0.5, 0.6) is 0 Å². The molecule has 0 saturated heterocycles. The van der Waals surface area contributed by atoms with Gasteiger partial charge in [0, 0.05) is 40.5 Å². The Labute approximate surface area is 295 Å². The lowest BCUT2D eigenvalue weighted by Gasteiger charge is -2.35. The van der Waals surface area contributed by atoms with Crippen LogP contribution in [0.4, 0.5) is 16.0 Å². The van der Waals surface area contributed by atoms with Gasteiger partial charge < -0.3 is 10.6 Å². The van der Waals surface area contributed by atoms with Gasteiger partial charge >= 0.3 is 0 Å². The Balaban J connectivity index is 1.26. The third kappa shape index (κ3) is 5.95. The molecule has 0 amide bonds. The van der Waals surface area contributed by atoms with Crippen molar-refractivity contribution in [1.82, 2.24) is 18.8 Å². The summed E-state index contributed by atoms with van der Waals surface area (Å²) in [4.78, 5) is 10.4. The van der Waals surface area contributed by atoms with E-state index in [4.69, 9.17) is 9.97 Å². The predicted molar refractivity (Wildman–Crippen MR) is 204 cm³/mol. The van der Waals surface area contributed by atoms with Crippen molar-refractivity contribution in [2.24, 2.45) is 0 Å². The minimum atomic E-state index is -0.253. The van der Waals surface area contributed by atoms with E-state index in [-0.39, 0.29) is 17.8 Å². The van der Waals surface area contributed by atoms with E-state index in [0.717, 1.165) is 65.6 Å². The number of benzene rings is 2. The molecular formula is C43H49FN6. The Bertz CT molecular complexity index is 2170. The first-order valence-electron chi connectivity index (χ1n) is 18.8. The molecule has 0 spiro atoms. The highest BCUT2D eigenvalue weighted by atomic mass is 19.1. The fourth-order valence-corrected chi connectivity index (χ4v) is 8.64. The topological polar surface area (TPSA) is 58.7 Å². The number of halogens is 1. The zero-order valence-corrected chi connectivity index (χ0v) is 29.9. The van der Waals surface area contributed by atoms with E-state index in [0.29, 0.717) is 17.3 Å². The smallest absolute Gasteiger partial charge is 0.139 e. The molecule has 6 nitrogen and oxygen atoms in total.